The third-order valence-corrected chi connectivity index (χ3v) is 13.0. The monoisotopic (exact) mass is 943 g/mol. The highest BCUT2D eigenvalue weighted by atomic mass is 16.5. The molecule has 0 aromatic carbocycles. The molecule has 0 aromatic heterocycles. The number of unbranched alkanes of at least 4 members (excludes halogenated alkanes) is 30. The molecule has 0 spiro atoms. The smallest absolute Gasteiger partial charge is 0.331 e. The highest BCUT2D eigenvalue weighted by Gasteiger charge is 2.38. The Labute approximate surface area is 408 Å². The Kier molecular flexibility index (Phi) is 40.2. The molecule has 2 amide bonds. The lowest BCUT2D eigenvalue weighted by atomic mass is 9.87. The number of carboxylic acids is 1. The molecule has 3 atom stereocenters. The quantitative estimate of drug-likeness (QED) is 0.0307. The minimum Gasteiger partial charge on any atom is -0.478 e. The second-order valence-corrected chi connectivity index (χ2v) is 19.0. The van der Waals surface area contributed by atoms with E-state index in [1.165, 1.54) is 173 Å². The number of amides is 2. The van der Waals surface area contributed by atoms with Gasteiger partial charge in [-0.3, -0.25) is 9.59 Å². The number of carbonyl (C=O) groups is 5. The van der Waals surface area contributed by atoms with Crippen LogP contribution in [-0.4, -0.2) is 72.3 Å². The number of carbonyl (C=O) groups excluding carboxylic acids is 4. The highest BCUT2D eigenvalue weighted by molar-refractivity contribution is 5.96. The van der Waals surface area contributed by atoms with Gasteiger partial charge in [-0.15, -0.1) is 0 Å². The predicted molar refractivity (Wildman–Crippen MR) is 273 cm³/mol. The van der Waals surface area contributed by atoms with Crippen molar-refractivity contribution in [2.75, 3.05) is 13.2 Å². The number of esters is 2. The third kappa shape index (κ3) is 35.3. The first-order chi connectivity index (χ1) is 32.6. The fourth-order valence-electron chi connectivity index (χ4n) is 8.74. The zero-order valence-corrected chi connectivity index (χ0v) is 43.1. The van der Waals surface area contributed by atoms with Gasteiger partial charge >= 0.3 is 17.9 Å². The second-order valence-electron chi connectivity index (χ2n) is 19.0. The van der Waals surface area contributed by atoms with Gasteiger partial charge in [0.15, 0.2) is 0 Å². The average molecular weight is 943 g/mol. The summed E-state index contributed by atoms with van der Waals surface area (Å²) in [5.41, 5.74) is 0.0298. The first-order valence-corrected chi connectivity index (χ1v) is 27.5. The van der Waals surface area contributed by atoms with Gasteiger partial charge in [-0.05, 0) is 31.8 Å². The SMILES string of the molecule is CCCCCCCCCCCCCCCCCCOC(=O)/C=C/C(=O)N[C@@H]1[C@@H](OC(CC)CC)C=C(C(=O)O)C[C@H]1NC(=O)/C=C/C(=O)OCCCCCCCCCCCCCCCCCC. The Bertz CT molecular complexity index is 1370. The van der Waals surface area contributed by atoms with E-state index in [1.54, 1.807) is 0 Å². The molecule has 67 heavy (non-hydrogen) atoms. The van der Waals surface area contributed by atoms with Crippen LogP contribution in [-0.2, 0) is 38.2 Å². The van der Waals surface area contributed by atoms with Crippen molar-refractivity contribution in [1.29, 1.82) is 0 Å². The first-order valence-electron chi connectivity index (χ1n) is 27.5. The van der Waals surface area contributed by atoms with E-state index in [0.29, 0.717) is 12.8 Å². The summed E-state index contributed by atoms with van der Waals surface area (Å²) < 4.78 is 16.9. The van der Waals surface area contributed by atoms with E-state index >= 15 is 0 Å². The summed E-state index contributed by atoms with van der Waals surface area (Å²) in [6, 6.07) is -1.77. The largest absolute Gasteiger partial charge is 0.478 e. The van der Waals surface area contributed by atoms with Crippen molar-refractivity contribution < 1.29 is 43.3 Å². The average Bonchev–Trinajstić information content (AvgIpc) is 3.32. The number of aliphatic carboxylic acids is 1. The van der Waals surface area contributed by atoms with Crippen LogP contribution in [0.3, 0.4) is 0 Å². The lowest BCUT2D eigenvalue weighted by Crippen LogP contribution is -2.59. The van der Waals surface area contributed by atoms with Crippen molar-refractivity contribution in [3.63, 3.8) is 0 Å². The van der Waals surface area contributed by atoms with Crippen LogP contribution >= 0.6 is 0 Å². The van der Waals surface area contributed by atoms with Crippen LogP contribution in [0.15, 0.2) is 36.0 Å². The third-order valence-electron chi connectivity index (χ3n) is 13.0. The number of hydrogen-bond acceptors (Lipinski definition) is 8. The second kappa shape index (κ2) is 43.8. The zero-order chi connectivity index (χ0) is 49.0. The standard InChI is InChI=1S/C56H98N2O9/c1-5-9-11-13-15-17-19-21-23-25-27-29-31-33-35-37-43-65-53(61)41-39-51(59)57-49-45-47(56(63)64)46-50(67-48(7-3)8-4)55(49)58-52(60)40-42-54(62)66-44-38-36-34-32-30-28-26-24-22-20-18-16-14-12-10-6-2/h39-42,46,48-50,55H,5-38,43-45H2,1-4H3,(H,57,59)(H,58,60)(H,63,64)/b41-39+,42-40+/t49-,50+,55+/m1/s1. The van der Waals surface area contributed by atoms with Gasteiger partial charge < -0.3 is 30.0 Å². The summed E-state index contributed by atoms with van der Waals surface area (Å²) in [5.74, 6) is -3.71. The van der Waals surface area contributed by atoms with Crippen molar-refractivity contribution in [3.8, 4) is 0 Å². The van der Waals surface area contributed by atoms with E-state index in [2.05, 4.69) is 24.5 Å². The molecule has 0 bridgehead atoms. The van der Waals surface area contributed by atoms with E-state index in [1.807, 2.05) is 13.8 Å². The molecule has 0 heterocycles. The molecule has 11 nitrogen and oxygen atoms in total. The van der Waals surface area contributed by atoms with Gasteiger partial charge in [-0.2, -0.15) is 0 Å². The Morgan fingerprint density at radius 1 is 0.507 bits per heavy atom. The Morgan fingerprint density at radius 2 is 0.836 bits per heavy atom. The molecule has 0 radical (unpaired) electrons. The molecule has 0 aliphatic heterocycles. The molecule has 0 saturated carbocycles. The van der Waals surface area contributed by atoms with E-state index in [4.69, 9.17) is 14.2 Å². The Hall–Kier alpha value is -3.47. The van der Waals surface area contributed by atoms with E-state index in [-0.39, 0.29) is 31.3 Å². The molecule has 0 fully saturated rings. The zero-order valence-electron chi connectivity index (χ0n) is 43.1. The number of nitrogens with one attached hydrogen (secondary N) is 2. The van der Waals surface area contributed by atoms with Crippen LogP contribution in [0, 0.1) is 0 Å². The van der Waals surface area contributed by atoms with Gasteiger partial charge in [0.25, 0.3) is 0 Å². The topological polar surface area (TPSA) is 157 Å². The van der Waals surface area contributed by atoms with Crippen LogP contribution < -0.4 is 10.6 Å². The molecule has 11 heteroatoms. The lowest BCUT2D eigenvalue weighted by Gasteiger charge is -2.38. The van der Waals surface area contributed by atoms with Crippen LogP contribution in [0.2, 0.25) is 0 Å². The predicted octanol–water partition coefficient (Wildman–Crippen LogP) is 13.7. The summed E-state index contributed by atoms with van der Waals surface area (Å²) in [6.45, 7) is 8.95. The van der Waals surface area contributed by atoms with E-state index in [0.717, 1.165) is 62.8 Å². The van der Waals surface area contributed by atoms with Gasteiger partial charge in [-0.25, -0.2) is 14.4 Å². The lowest BCUT2D eigenvalue weighted by molar-refractivity contribution is -0.138. The summed E-state index contributed by atoms with van der Waals surface area (Å²) in [4.78, 5) is 63.4. The Balaban J connectivity index is 2.48. The first kappa shape index (κ1) is 61.5. The van der Waals surface area contributed by atoms with Crippen molar-refractivity contribution in [1.82, 2.24) is 10.6 Å². The molecule has 0 aromatic rings. The van der Waals surface area contributed by atoms with E-state index in [9.17, 15) is 29.1 Å². The molecule has 1 rings (SSSR count). The van der Waals surface area contributed by atoms with Gasteiger partial charge in [0.2, 0.25) is 11.8 Å². The van der Waals surface area contributed by atoms with Crippen molar-refractivity contribution in [3.05, 3.63) is 36.0 Å². The molecule has 386 valence electrons. The number of hydrogen-bond donors (Lipinski definition) is 3. The maximum absolute atomic E-state index is 13.2. The van der Waals surface area contributed by atoms with Gasteiger partial charge in [-0.1, -0.05) is 220 Å². The van der Waals surface area contributed by atoms with Crippen LogP contribution in [0.25, 0.3) is 0 Å². The molecule has 1 aliphatic rings. The molecular formula is C56H98N2O9. The van der Waals surface area contributed by atoms with Gasteiger partial charge in [0, 0.05) is 36.3 Å². The fraction of sp³-hybridized carbons (Fsp3) is 0.804. The van der Waals surface area contributed by atoms with Crippen molar-refractivity contribution in [2.24, 2.45) is 0 Å². The molecule has 0 saturated heterocycles. The molecular weight excluding hydrogens is 845 g/mol. The van der Waals surface area contributed by atoms with Crippen LogP contribution in [0.1, 0.15) is 252 Å². The van der Waals surface area contributed by atoms with Crippen LogP contribution in [0.5, 0.6) is 0 Å². The summed E-state index contributed by atoms with van der Waals surface area (Å²) >= 11 is 0. The fourth-order valence-corrected chi connectivity index (χ4v) is 8.74. The van der Waals surface area contributed by atoms with Crippen LogP contribution in [0.4, 0.5) is 0 Å². The summed E-state index contributed by atoms with van der Waals surface area (Å²) in [5, 5.41) is 15.5. The minimum absolute atomic E-state index is 0.0298. The Morgan fingerprint density at radius 3 is 1.16 bits per heavy atom. The normalized spacial score (nSPS) is 16.1. The summed E-state index contributed by atoms with van der Waals surface area (Å²) in [6.07, 6.45) is 46.0. The van der Waals surface area contributed by atoms with Gasteiger partial charge in [0.1, 0.15) is 0 Å². The van der Waals surface area contributed by atoms with E-state index < -0.39 is 47.9 Å². The molecule has 0 unspecified atom stereocenters. The number of ether oxygens (including phenoxy) is 3. The highest BCUT2D eigenvalue weighted by Crippen LogP contribution is 2.25. The number of carboxylic acid groups (broad SMARTS) is 1. The maximum Gasteiger partial charge on any atom is 0.331 e. The molecule has 1 aliphatic carbocycles. The minimum atomic E-state index is -1.16. The van der Waals surface area contributed by atoms with Gasteiger partial charge in [0.05, 0.1) is 37.5 Å². The summed E-state index contributed by atoms with van der Waals surface area (Å²) in [7, 11) is 0. The van der Waals surface area contributed by atoms with Crippen molar-refractivity contribution >= 4 is 29.7 Å². The number of rotatable bonds is 45. The van der Waals surface area contributed by atoms with Crippen molar-refractivity contribution in [2.45, 2.75) is 277 Å². The maximum atomic E-state index is 13.2. The molecule has 3 N–H and O–H groups in total.